The first kappa shape index (κ1) is 21.9. The van der Waals surface area contributed by atoms with Gasteiger partial charge in [0.1, 0.15) is 12.3 Å². The van der Waals surface area contributed by atoms with Crippen LogP contribution in [-0.2, 0) is 9.59 Å². The zero-order valence-corrected chi connectivity index (χ0v) is 18.1. The van der Waals surface area contributed by atoms with E-state index in [2.05, 4.69) is 5.32 Å². The molecule has 156 valence electrons. The molecule has 0 saturated carbocycles. The molecule has 1 N–H and O–H groups in total. The van der Waals surface area contributed by atoms with Gasteiger partial charge in [0.2, 0.25) is 5.91 Å². The van der Waals surface area contributed by atoms with E-state index in [-0.39, 0.29) is 17.6 Å². The Morgan fingerprint density at radius 2 is 1.90 bits per heavy atom. The Labute approximate surface area is 184 Å². The van der Waals surface area contributed by atoms with Crippen molar-refractivity contribution in [2.45, 2.75) is 26.4 Å². The summed E-state index contributed by atoms with van der Waals surface area (Å²) in [6.07, 6.45) is 2.65. The van der Waals surface area contributed by atoms with Crippen LogP contribution in [0.15, 0.2) is 53.4 Å². The minimum absolute atomic E-state index is 0.115. The van der Waals surface area contributed by atoms with Gasteiger partial charge in [-0.2, -0.15) is 0 Å². The molecule has 1 fully saturated rings. The summed E-state index contributed by atoms with van der Waals surface area (Å²) in [7, 11) is 0. The third-order valence-corrected chi connectivity index (χ3v) is 5.65. The number of rotatable bonds is 7. The maximum atomic E-state index is 12.6. The Morgan fingerprint density at radius 1 is 1.20 bits per heavy atom. The normalized spacial score (nSPS) is 16.1. The van der Waals surface area contributed by atoms with Gasteiger partial charge in [-0.1, -0.05) is 42.8 Å². The highest BCUT2D eigenvalue weighted by Gasteiger charge is 2.36. The maximum Gasteiger partial charge on any atom is 0.294 e. The van der Waals surface area contributed by atoms with Crippen LogP contribution in [0.3, 0.4) is 0 Å². The molecule has 2 aromatic carbocycles. The number of ether oxygens (including phenoxy) is 1. The number of nitrogens with one attached hydrogen (secondary N) is 1. The molecule has 1 atom stereocenters. The molecule has 0 bridgehead atoms. The third-order valence-electron chi connectivity index (χ3n) is 4.41. The summed E-state index contributed by atoms with van der Waals surface area (Å²) in [4.78, 5) is 38.3. The second-order valence-electron chi connectivity index (χ2n) is 6.70. The summed E-state index contributed by atoms with van der Waals surface area (Å²) < 4.78 is 5.74. The number of hydrogen-bond acceptors (Lipinski definition) is 5. The first-order chi connectivity index (χ1) is 14.4. The summed E-state index contributed by atoms with van der Waals surface area (Å²) in [5, 5.41) is 2.50. The van der Waals surface area contributed by atoms with Crippen LogP contribution < -0.4 is 10.1 Å². The number of nitrogens with zero attached hydrogens (tertiary/aromatic N) is 1. The van der Waals surface area contributed by atoms with Gasteiger partial charge in [0, 0.05) is 0 Å². The van der Waals surface area contributed by atoms with Crippen molar-refractivity contribution in [1.82, 2.24) is 4.90 Å². The van der Waals surface area contributed by atoms with Crippen LogP contribution in [0.25, 0.3) is 6.08 Å². The molecule has 3 amide bonds. The number of carbonyl (C=O) groups is 3. The predicted octanol–water partition coefficient (Wildman–Crippen LogP) is 5.19. The van der Waals surface area contributed by atoms with Crippen LogP contribution in [0, 0.1) is 0 Å². The minimum atomic E-state index is -0.502. The lowest BCUT2D eigenvalue weighted by atomic mass is 10.2. The third kappa shape index (κ3) is 5.43. The lowest BCUT2D eigenvalue weighted by molar-refractivity contribution is -0.127. The van der Waals surface area contributed by atoms with Crippen LogP contribution in [-0.4, -0.2) is 34.6 Å². The van der Waals surface area contributed by atoms with Crippen LogP contribution in [0.1, 0.15) is 25.8 Å². The van der Waals surface area contributed by atoms with E-state index in [4.69, 9.17) is 16.3 Å². The fourth-order valence-corrected chi connectivity index (χ4v) is 3.66. The average molecular weight is 445 g/mol. The number of para-hydroxylation sites is 1. The van der Waals surface area contributed by atoms with E-state index in [1.54, 1.807) is 30.3 Å². The van der Waals surface area contributed by atoms with Crippen molar-refractivity contribution in [3.8, 4) is 5.75 Å². The molecule has 1 aliphatic rings. The molecule has 0 unspecified atom stereocenters. The number of benzene rings is 2. The highest BCUT2D eigenvalue weighted by Crippen LogP contribution is 2.32. The molecule has 1 aliphatic heterocycles. The number of thioether (sulfide) groups is 1. The zero-order chi connectivity index (χ0) is 21.7. The number of imide groups is 1. The van der Waals surface area contributed by atoms with Gasteiger partial charge in [0.05, 0.1) is 21.7 Å². The molecule has 0 aliphatic carbocycles. The standard InChI is InChI=1S/C22H21ClN2O4S/c1-3-14(2)29-16-10-8-15(9-11-16)12-19-21(27)25(22(28)30-19)13-20(26)24-18-7-5-4-6-17(18)23/h4-12,14H,3,13H2,1-2H3,(H,24,26)/b19-12+/t14-/m1/s1. The number of halogens is 1. The molecule has 6 nitrogen and oxygen atoms in total. The van der Waals surface area contributed by atoms with Crippen LogP contribution in [0.2, 0.25) is 5.02 Å². The van der Waals surface area contributed by atoms with Crippen LogP contribution >= 0.6 is 23.4 Å². The lowest BCUT2D eigenvalue weighted by Gasteiger charge is -2.13. The molecule has 1 heterocycles. The zero-order valence-electron chi connectivity index (χ0n) is 16.6. The van der Waals surface area contributed by atoms with E-state index < -0.39 is 17.1 Å². The van der Waals surface area contributed by atoms with Crippen molar-refractivity contribution < 1.29 is 19.1 Å². The molecule has 0 spiro atoms. The number of amides is 3. The molecule has 8 heteroatoms. The average Bonchev–Trinajstić information content (AvgIpc) is 2.98. The fourth-order valence-electron chi connectivity index (χ4n) is 2.64. The maximum absolute atomic E-state index is 12.6. The van der Waals surface area contributed by atoms with Gasteiger partial charge >= 0.3 is 0 Å². The second-order valence-corrected chi connectivity index (χ2v) is 8.10. The highest BCUT2D eigenvalue weighted by molar-refractivity contribution is 8.18. The van der Waals surface area contributed by atoms with Crippen LogP contribution in [0.5, 0.6) is 5.75 Å². The van der Waals surface area contributed by atoms with Gasteiger partial charge in [-0.15, -0.1) is 0 Å². The molecular formula is C22H21ClN2O4S. The smallest absolute Gasteiger partial charge is 0.294 e. The van der Waals surface area contributed by atoms with E-state index >= 15 is 0 Å². The van der Waals surface area contributed by atoms with Gasteiger partial charge in [-0.05, 0) is 61.0 Å². The summed E-state index contributed by atoms with van der Waals surface area (Å²) in [6, 6.07) is 14.0. The van der Waals surface area contributed by atoms with Crippen molar-refractivity contribution in [2.75, 3.05) is 11.9 Å². The Balaban J connectivity index is 1.65. The summed E-state index contributed by atoms with van der Waals surface area (Å²) in [5.41, 5.74) is 1.18. The van der Waals surface area contributed by atoms with Crippen LogP contribution in [0.4, 0.5) is 10.5 Å². The molecular weight excluding hydrogens is 424 g/mol. The van der Waals surface area contributed by atoms with Gasteiger partial charge in [0.25, 0.3) is 11.1 Å². The molecule has 30 heavy (non-hydrogen) atoms. The van der Waals surface area contributed by atoms with Crippen molar-refractivity contribution >= 4 is 52.2 Å². The van der Waals surface area contributed by atoms with Crippen molar-refractivity contribution in [2.24, 2.45) is 0 Å². The van der Waals surface area contributed by atoms with Gasteiger partial charge in [-0.3, -0.25) is 19.3 Å². The van der Waals surface area contributed by atoms with E-state index in [1.807, 2.05) is 38.1 Å². The Hall–Kier alpha value is -2.77. The first-order valence-corrected chi connectivity index (χ1v) is 10.6. The Bertz CT molecular complexity index is 991. The van der Waals surface area contributed by atoms with E-state index in [1.165, 1.54) is 0 Å². The molecule has 3 rings (SSSR count). The lowest BCUT2D eigenvalue weighted by Crippen LogP contribution is -2.36. The molecule has 1 saturated heterocycles. The Kier molecular flexibility index (Phi) is 7.18. The topological polar surface area (TPSA) is 75.7 Å². The van der Waals surface area contributed by atoms with Gasteiger partial charge < -0.3 is 10.1 Å². The Morgan fingerprint density at radius 3 is 2.57 bits per heavy atom. The van der Waals surface area contributed by atoms with E-state index in [0.29, 0.717) is 10.7 Å². The quantitative estimate of drug-likeness (QED) is 0.594. The van der Waals surface area contributed by atoms with E-state index in [0.717, 1.165) is 34.4 Å². The van der Waals surface area contributed by atoms with Gasteiger partial charge in [-0.25, -0.2) is 0 Å². The summed E-state index contributed by atoms with van der Waals surface area (Å²) >= 11 is 6.83. The molecule has 2 aromatic rings. The van der Waals surface area contributed by atoms with Gasteiger partial charge in [0.15, 0.2) is 0 Å². The highest BCUT2D eigenvalue weighted by atomic mass is 35.5. The number of carbonyl (C=O) groups excluding carboxylic acids is 3. The SMILES string of the molecule is CC[C@@H](C)Oc1ccc(/C=C2/SC(=O)N(CC(=O)Nc3ccccc3Cl)C2=O)cc1. The number of anilines is 1. The fraction of sp³-hybridized carbons (Fsp3) is 0.227. The monoisotopic (exact) mass is 444 g/mol. The van der Waals surface area contributed by atoms with Crippen molar-refractivity contribution in [3.05, 3.63) is 64.0 Å². The largest absolute Gasteiger partial charge is 0.491 e. The summed E-state index contributed by atoms with van der Waals surface area (Å²) in [5.74, 6) is -0.261. The first-order valence-electron chi connectivity index (χ1n) is 9.44. The molecule has 0 aromatic heterocycles. The second kappa shape index (κ2) is 9.82. The van der Waals surface area contributed by atoms with Crippen molar-refractivity contribution in [3.63, 3.8) is 0 Å². The van der Waals surface area contributed by atoms with E-state index in [9.17, 15) is 14.4 Å². The minimum Gasteiger partial charge on any atom is -0.491 e. The predicted molar refractivity (Wildman–Crippen MR) is 120 cm³/mol. The summed E-state index contributed by atoms with van der Waals surface area (Å²) in [6.45, 7) is 3.66. The number of hydrogen-bond donors (Lipinski definition) is 1. The van der Waals surface area contributed by atoms with Crippen molar-refractivity contribution in [1.29, 1.82) is 0 Å². The molecule has 0 radical (unpaired) electrons.